The monoisotopic (exact) mass is 374 g/mol. The largest absolute Gasteiger partial charge is 0.573 e. The van der Waals surface area contributed by atoms with E-state index in [9.17, 15) is 13.2 Å². The molecule has 0 amide bonds. The van der Waals surface area contributed by atoms with Crippen LogP contribution in [-0.2, 0) is 0 Å². The molecule has 0 bridgehead atoms. The number of alkyl halides is 3. The summed E-state index contributed by atoms with van der Waals surface area (Å²) >= 11 is 23.8. The van der Waals surface area contributed by atoms with Crippen LogP contribution >= 0.6 is 46.4 Å². The topological polar surface area (TPSA) is 9.23 Å². The highest BCUT2D eigenvalue weighted by Gasteiger charge is 2.31. The van der Waals surface area contributed by atoms with Crippen molar-refractivity contribution in [2.75, 3.05) is 0 Å². The number of hydrogen-bond acceptors (Lipinski definition) is 1. The zero-order chi connectivity index (χ0) is 15.8. The molecule has 0 fully saturated rings. The lowest BCUT2D eigenvalue weighted by Gasteiger charge is -2.13. The lowest BCUT2D eigenvalue weighted by atomic mass is 10.1. The fourth-order valence-corrected chi connectivity index (χ4v) is 2.50. The van der Waals surface area contributed by atoms with Crippen LogP contribution in [-0.4, -0.2) is 6.36 Å². The summed E-state index contributed by atoms with van der Waals surface area (Å²) in [5.74, 6) is -0.413. The van der Waals surface area contributed by atoms with Crippen molar-refractivity contribution < 1.29 is 17.9 Å². The second-order valence-corrected chi connectivity index (χ2v) is 5.48. The summed E-state index contributed by atoms with van der Waals surface area (Å²) in [6.07, 6.45) is -4.80. The summed E-state index contributed by atoms with van der Waals surface area (Å²) in [6, 6.07) is 6.48. The summed E-state index contributed by atoms with van der Waals surface area (Å²) in [5.41, 5.74) is 0.602. The summed E-state index contributed by atoms with van der Waals surface area (Å²) in [7, 11) is 0. The molecule has 0 unspecified atom stereocenters. The van der Waals surface area contributed by atoms with E-state index >= 15 is 0 Å². The molecule has 0 aliphatic carbocycles. The highest BCUT2D eigenvalue weighted by atomic mass is 35.5. The van der Waals surface area contributed by atoms with Crippen molar-refractivity contribution in [2.24, 2.45) is 0 Å². The predicted octanol–water partition coefficient (Wildman–Crippen LogP) is 6.87. The molecule has 0 atom stereocenters. The lowest BCUT2D eigenvalue weighted by molar-refractivity contribution is -0.274. The highest BCUT2D eigenvalue weighted by molar-refractivity contribution is 6.49. The summed E-state index contributed by atoms with van der Waals surface area (Å²) < 4.78 is 40.6. The van der Waals surface area contributed by atoms with Gasteiger partial charge in [-0.15, -0.1) is 13.2 Å². The molecule has 0 heterocycles. The molecule has 2 aromatic carbocycles. The zero-order valence-electron chi connectivity index (χ0n) is 9.94. The van der Waals surface area contributed by atoms with Crippen LogP contribution in [0.2, 0.25) is 20.1 Å². The van der Waals surface area contributed by atoms with E-state index in [1.807, 2.05) is 0 Å². The van der Waals surface area contributed by atoms with Gasteiger partial charge in [-0.2, -0.15) is 0 Å². The number of benzene rings is 2. The molecule has 21 heavy (non-hydrogen) atoms. The second kappa shape index (κ2) is 6.13. The molecule has 2 aromatic rings. The molecule has 2 rings (SSSR count). The Morgan fingerprint density at radius 1 is 0.762 bits per heavy atom. The molecule has 1 nitrogen and oxygen atoms in total. The predicted molar refractivity (Wildman–Crippen MR) is 78.6 cm³/mol. The molecule has 0 saturated carbocycles. The minimum atomic E-state index is -4.80. The van der Waals surface area contributed by atoms with Gasteiger partial charge in [-0.25, -0.2) is 0 Å². The quantitative estimate of drug-likeness (QED) is 0.520. The molecule has 0 aromatic heterocycles. The van der Waals surface area contributed by atoms with Crippen molar-refractivity contribution in [3.05, 3.63) is 50.4 Å². The molecule has 0 spiro atoms. The first-order chi connectivity index (χ1) is 9.69. The van der Waals surface area contributed by atoms with Crippen LogP contribution in [0.3, 0.4) is 0 Å². The van der Waals surface area contributed by atoms with Crippen LogP contribution in [0, 0.1) is 0 Å². The van der Waals surface area contributed by atoms with Gasteiger partial charge in [0, 0.05) is 16.1 Å². The minimum Gasteiger partial charge on any atom is -0.406 e. The summed E-state index contributed by atoms with van der Waals surface area (Å²) in [5, 5.41) is 0.610. The van der Waals surface area contributed by atoms with Gasteiger partial charge < -0.3 is 4.74 Å². The minimum absolute atomic E-state index is 0.0917. The van der Waals surface area contributed by atoms with Gasteiger partial charge in [0.25, 0.3) is 0 Å². The first kappa shape index (κ1) is 16.6. The highest BCUT2D eigenvalue weighted by Crippen LogP contribution is 2.41. The van der Waals surface area contributed by atoms with Gasteiger partial charge in [-0.05, 0) is 24.3 Å². The SMILES string of the molecule is FC(F)(F)Oc1ccc(Cl)c(-c2ccc(Cl)c(Cl)c2Cl)c1. The number of rotatable bonds is 2. The molecule has 0 radical (unpaired) electrons. The van der Waals surface area contributed by atoms with Crippen molar-refractivity contribution in [1.29, 1.82) is 0 Å². The van der Waals surface area contributed by atoms with Gasteiger partial charge in [0.05, 0.1) is 15.1 Å². The van der Waals surface area contributed by atoms with E-state index in [0.717, 1.165) is 12.1 Å². The number of hydrogen-bond donors (Lipinski definition) is 0. The third kappa shape index (κ3) is 3.89. The Hall–Kier alpha value is -0.810. The third-order valence-corrected chi connectivity index (χ3v) is 4.12. The van der Waals surface area contributed by atoms with Crippen LogP contribution in [0.15, 0.2) is 30.3 Å². The van der Waals surface area contributed by atoms with E-state index < -0.39 is 12.1 Å². The van der Waals surface area contributed by atoms with E-state index in [1.165, 1.54) is 18.2 Å². The standard InChI is InChI=1S/C13H5Cl4F3O/c14-9-3-1-6(21-13(18,19)20)5-8(9)7-2-4-10(15)12(17)11(7)16/h1-5H. The van der Waals surface area contributed by atoms with E-state index in [-0.39, 0.29) is 25.7 Å². The third-order valence-electron chi connectivity index (χ3n) is 2.50. The molecular weight excluding hydrogens is 371 g/mol. The Balaban J connectivity index is 2.54. The van der Waals surface area contributed by atoms with Crippen LogP contribution < -0.4 is 4.74 Å². The van der Waals surface area contributed by atoms with Crippen molar-refractivity contribution >= 4 is 46.4 Å². The lowest BCUT2D eigenvalue weighted by Crippen LogP contribution is -2.17. The molecule has 8 heteroatoms. The maximum Gasteiger partial charge on any atom is 0.573 e. The van der Waals surface area contributed by atoms with E-state index in [1.54, 1.807) is 0 Å². The fraction of sp³-hybridized carbons (Fsp3) is 0.0769. The molecule has 112 valence electrons. The van der Waals surface area contributed by atoms with Crippen molar-refractivity contribution in [1.82, 2.24) is 0 Å². The Labute approximate surface area is 138 Å². The van der Waals surface area contributed by atoms with Crippen molar-refractivity contribution in [3.63, 3.8) is 0 Å². The summed E-state index contributed by atoms with van der Waals surface area (Å²) in [6.45, 7) is 0. The molecule has 0 aliphatic heterocycles. The van der Waals surface area contributed by atoms with Gasteiger partial charge in [-0.1, -0.05) is 52.5 Å². The normalized spacial score (nSPS) is 11.6. The van der Waals surface area contributed by atoms with Crippen LogP contribution in [0.4, 0.5) is 13.2 Å². The van der Waals surface area contributed by atoms with Gasteiger partial charge in [0.15, 0.2) is 0 Å². The van der Waals surface area contributed by atoms with Gasteiger partial charge in [0.2, 0.25) is 0 Å². The molecular formula is C13H5Cl4F3O. The smallest absolute Gasteiger partial charge is 0.406 e. The van der Waals surface area contributed by atoms with Crippen molar-refractivity contribution in [3.8, 4) is 16.9 Å². The van der Waals surface area contributed by atoms with E-state index in [0.29, 0.717) is 5.56 Å². The van der Waals surface area contributed by atoms with Crippen LogP contribution in [0.5, 0.6) is 5.75 Å². The van der Waals surface area contributed by atoms with E-state index in [4.69, 9.17) is 46.4 Å². The average molecular weight is 376 g/mol. The number of halogens is 7. The first-order valence-corrected chi connectivity index (χ1v) is 6.89. The fourth-order valence-electron chi connectivity index (χ4n) is 1.64. The first-order valence-electron chi connectivity index (χ1n) is 5.38. The molecule has 0 aliphatic rings. The average Bonchev–Trinajstić information content (AvgIpc) is 2.37. The Morgan fingerprint density at radius 3 is 2.00 bits per heavy atom. The molecule has 0 N–H and O–H groups in total. The van der Waals surface area contributed by atoms with Gasteiger partial charge >= 0.3 is 6.36 Å². The summed E-state index contributed by atoms with van der Waals surface area (Å²) in [4.78, 5) is 0. The van der Waals surface area contributed by atoms with E-state index in [2.05, 4.69) is 4.74 Å². The second-order valence-electron chi connectivity index (χ2n) is 3.91. The Morgan fingerprint density at radius 2 is 1.38 bits per heavy atom. The van der Waals surface area contributed by atoms with Crippen LogP contribution in [0.25, 0.3) is 11.1 Å². The molecule has 0 saturated heterocycles. The maximum atomic E-state index is 12.3. The number of ether oxygens (including phenoxy) is 1. The van der Waals surface area contributed by atoms with Crippen molar-refractivity contribution in [2.45, 2.75) is 6.36 Å². The Kier molecular flexibility index (Phi) is 4.83. The maximum absolute atomic E-state index is 12.3. The van der Waals surface area contributed by atoms with Crippen LogP contribution in [0.1, 0.15) is 0 Å². The zero-order valence-corrected chi connectivity index (χ0v) is 13.0. The Bertz CT molecular complexity index is 686. The van der Waals surface area contributed by atoms with Gasteiger partial charge in [0.1, 0.15) is 5.75 Å². The van der Waals surface area contributed by atoms with Gasteiger partial charge in [-0.3, -0.25) is 0 Å².